The van der Waals surface area contributed by atoms with Crippen molar-refractivity contribution in [2.24, 2.45) is 0 Å². The molecule has 0 saturated heterocycles. The van der Waals surface area contributed by atoms with Crippen LogP contribution in [0.5, 0.6) is 0 Å². The fourth-order valence-electron chi connectivity index (χ4n) is 1.06. The van der Waals surface area contributed by atoms with Crippen molar-refractivity contribution in [3.05, 3.63) is 29.8 Å². The largest absolute Gasteiger partial charge is 0.426 e. The number of hydrogen-bond donors (Lipinski definition) is 2. The minimum absolute atomic E-state index is 0.00354. The molecule has 0 bridgehead atoms. The number of anilines is 1. The van der Waals surface area contributed by atoms with Crippen LogP contribution in [0.4, 0.5) is 18.9 Å². The van der Waals surface area contributed by atoms with Gasteiger partial charge in [0.25, 0.3) is 5.91 Å². The molecule has 0 aliphatic heterocycles. The van der Waals surface area contributed by atoms with Gasteiger partial charge in [-0.1, -0.05) is 12.1 Å². The van der Waals surface area contributed by atoms with Gasteiger partial charge in [-0.25, -0.2) is 0 Å². The van der Waals surface area contributed by atoms with Gasteiger partial charge in [0, 0.05) is 0 Å². The number of nitrogens with one attached hydrogen (secondary N) is 1. The first-order valence-corrected chi connectivity index (χ1v) is 4.80. The quantitative estimate of drug-likeness (QED) is 0.849. The number of aliphatic hydroxyl groups is 1. The third-order valence-electron chi connectivity index (χ3n) is 2.29. The minimum atomic E-state index is -5.10. The zero-order valence-corrected chi connectivity index (χ0v) is 9.25. The van der Waals surface area contributed by atoms with Crippen LogP contribution in [-0.2, 0) is 4.79 Å². The predicted octanol–water partition coefficient (Wildman–Crippen LogP) is 1.81. The zero-order valence-electron chi connectivity index (χ0n) is 9.25. The Bertz CT molecular complexity index is 504. The second kappa shape index (κ2) is 4.66. The second-order valence-corrected chi connectivity index (χ2v) is 3.68. The van der Waals surface area contributed by atoms with E-state index in [1.54, 1.807) is 6.07 Å². The van der Waals surface area contributed by atoms with Crippen molar-refractivity contribution in [1.82, 2.24) is 0 Å². The van der Waals surface area contributed by atoms with Gasteiger partial charge >= 0.3 is 6.18 Å². The maximum absolute atomic E-state index is 12.4. The summed E-state index contributed by atoms with van der Waals surface area (Å²) in [6.07, 6.45) is -5.10. The van der Waals surface area contributed by atoms with E-state index in [0.717, 1.165) is 0 Å². The number of alkyl halides is 3. The normalized spacial score (nSPS) is 14.4. The maximum atomic E-state index is 12.4. The van der Waals surface area contributed by atoms with E-state index in [0.29, 0.717) is 6.92 Å². The highest BCUT2D eigenvalue weighted by Crippen LogP contribution is 2.31. The van der Waals surface area contributed by atoms with Crippen LogP contribution in [-0.4, -0.2) is 22.8 Å². The number of carbonyl (C=O) groups is 1. The molecule has 0 heterocycles. The second-order valence-electron chi connectivity index (χ2n) is 3.68. The van der Waals surface area contributed by atoms with Gasteiger partial charge in [-0.3, -0.25) is 4.79 Å². The van der Waals surface area contributed by atoms with E-state index >= 15 is 0 Å². The molecular formula is C11H9F3N2O2. The fourth-order valence-corrected chi connectivity index (χ4v) is 1.06. The number of hydrogen-bond acceptors (Lipinski definition) is 3. The van der Waals surface area contributed by atoms with Crippen LogP contribution in [0.3, 0.4) is 0 Å². The summed E-state index contributed by atoms with van der Waals surface area (Å²) in [6.45, 7) is 0.345. The third-order valence-corrected chi connectivity index (χ3v) is 2.29. The molecule has 7 heteroatoms. The van der Waals surface area contributed by atoms with Gasteiger partial charge in [0.1, 0.15) is 6.07 Å². The summed E-state index contributed by atoms with van der Waals surface area (Å²) in [5.41, 5.74) is -3.60. The Balaban J connectivity index is 3.00. The van der Waals surface area contributed by atoms with Crippen molar-refractivity contribution in [3.8, 4) is 6.07 Å². The molecule has 0 unspecified atom stereocenters. The van der Waals surface area contributed by atoms with E-state index in [4.69, 9.17) is 10.4 Å². The van der Waals surface area contributed by atoms with E-state index in [1.165, 1.54) is 24.3 Å². The van der Waals surface area contributed by atoms with Crippen molar-refractivity contribution < 1.29 is 23.1 Å². The number of para-hydroxylation sites is 1. The van der Waals surface area contributed by atoms with E-state index < -0.39 is 17.7 Å². The highest BCUT2D eigenvalue weighted by Gasteiger charge is 2.55. The molecule has 18 heavy (non-hydrogen) atoms. The molecule has 1 amide bonds. The summed E-state index contributed by atoms with van der Waals surface area (Å²) in [5.74, 6) is -1.64. The van der Waals surface area contributed by atoms with Crippen molar-refractivity contribution in [2.75, 3.05) is 5.32 Å². The standard InChI is InChI=1S/C11H9F3N2O2/c1-10(18,11(12,13)14)9(17)16-8-5-3-2-4-7(8)6-15/h2-5,18H,1H3,(H,16,17)/t10-/m1/s1. The molecule has 1 rings (SSSR count). The third kappa shape index (κ3) is 2.60. The Kier molecular flexibility index (Phi) is 3.62. The fraction of sp³-hybridized carbons (Fsp3) is 0.273. The van der Waals surface area contributed by atoms with Crippen molar-refractivity contribution in [2.45, 2.75) is 18.7 Å². The van der Waals surface area contributed by atoms with Gasteiger partial charge in [-0.15, -0.1) is 0 Å². The van der Waals surface area contributed by atoms with Crippen LogP contribution in [0, 0.1) is 11.3 Å². The Morgan fingerprint density at radius 3 is 2.44 bits per heavy atom. The average Bonchev–Trinajstić information content (AvgIpc) is 2.28. The Morgan fingerprint density at radius 2 is 1.94 bits per heavy atom. The first kappa shape index (κ1) is 14.0. The maximum Gasteiger partial charge on any atom is 0.426 e. The van der Waals surface area contributed by atoms with Crippen molar-refractivity contribution in [3.63, 3.8) is 0 Å². The van der Waals surface area contributed by atoms with Gasteiger partial charge in [0.15, 0.2) is 0 Å². The summed E-state index contributed by atoms with van der Waals surface area (Å²) in [7, 11) is 0. The monoisotopic (exact) mass is 258 g/mol. The number of halogens is 3. The number of rotatable bonds is 2. The van der Waals surface area contributed by atoms with Crippen LogP contribution in [0.15, 0.2) is 24.3 Å². The SMILES string of the molecule is C[C@@](O)(C(=O)Nc1ccccc1C#N)C(F)(F)F. The van der Waals surface area contributed by atoms with Gasteiger partial charge in [0.2, 0.25) is 5.60 Å². The summed E-state index contributed by atoms with van der Waals surface area (Å²) in [5, 5.41) is 19.7. The molecule has 96 valence electrons. The van der Waals surface area contributed by atoms with Crippen LogP contribution in [0.1, 0.15) is 12.5 Å². The predicted molar refractivity (Wildman–Crippen MR) is 56.5 cm³/mol. The van der Waals surface area contributed by atoms with E-state index in [2.05, 4.69) is 0 Å². The summed E-state index contributed by atoms with van der Waals surface area (Å²) < 4.78 is 37.2. The summed E-state index contributed by atoms with van der Waals surface area (Å²) in [4.78, 5) is 11.4. The minimum Gasteiger partial charge on any atom is -0.373 e. The van der Waals surface area contributed by atoms with Crippen LogP contribution < -0.4 is 5.32 Å². The lowest BCUT2D eigenvalue weighted by atomic mass is 10.1. The highest BCUT2D eigenvalue weighted by atomic mass is 19.4. The number of nitrogens with zero attached hydrogens (tertiary/aromatic N) is 1. The average molecular weight is 258 g/mol. The van der Waals surface area contributed by atoms with Crippen molar-refractivity contribution in [1.29, 1.82) is 5.26 Å². The lowest BCUT2D eigenvalue weighted by molar-refractivity contribution is -0.242. The van der Waals surface area contributed by atoms with Crippen LogP contribution in [0.2, 0.25) is 0 Å². The topological polar surface area (TPSA) is 73.1 Å². The van der Waals surface area contributed by atoms with Gasteiger partial charge in [-0.05, 0) is 19.1 Å². The van der Waals surface area contributed by atoms with E-state index in [-0.39, 0.29) is 11.3 Å². The highest BCUT2D eigenvalue weighted by molar-refractivity contribution is 5.98. The Labute approximate surface area is 101 Å². The number of nitriles is 1. The van der Waals surface area contributed by atoms with Gasteiger partial charge in [0.05, 0.1) is 11.3 Å². The molecule has 4 nitrogen and oxygen atoms in total. The molecular weight excluding hydrogens is 249 g/mol. The van der Waals surface area contributed by atoms with Crippen molar-refractivity contribution >= 4 is 11.6 Å². The summed E-state index contributed by atoms with van der Waals surface area (Å²) in [6, 6.07) is 7.25. The number of carbonyl (C=O) groups excluding carboxylic acids is 1. The smallest absolute Gasteiger partial charge is 0.373 e. The first-order valence-electron chi connectivity index (χ1n) is 4.80. The lowest BCUT2D eigenvalue weighted by Crippen LogP contribution is -2.52. The molecule has 0 fully saturated rings. The number of benzene rings is 1. The molecule has 0 spiro atoms. The first-order chi connectivity index (χ1) is 8.20. The van der Waals surface area contributed by atoms with Gasteiger partial charge in [-0.2, -0.15) is 18.4 Å². The molecule has 0 aromatic heterocycles. The Morgan fingerprint density at radius 1 is 1.39 bits per heavy atom. The Hall–Kier alpha value is -2.07. The van der Waals surface area contributed by atoms with Gasteiger partial charge < -0.3 is 10.4 Å². The van der Waals surface area contributed by atoms with E-state index in [9.17, 15) is 18.0 Å². The van der Waals surface area contributed by atoms with E-state index in [1.807, 2.05) is 5.32 Å². The molecule has 0 aliphatic carbocycles. The zero-order chi connectivity index (χ0) is 14.0. The van der Waals surface area contributed by atoms with Crippen LogP contribution in [0.25, 0.3) is 0 Å². The molecule has 0 aliphatic rings. The molecule has 2 N–H and O–H groups in total. The lowest BCUT2D eigenvalue weighted by Gasteiger charge is -2.25. The molecule has 0 radical (unpaired) electrons. The van der Waals surface area contributed by atoms with Crippen LogP contribution >= 0.6 is 0 Å². The molecule has 1 atom stereocenters. The molecule has 0 saturated carbocycles. The molecule has 1 aromatic carbocycles. The molecule has 1 aromatic rings. The number of amides is 1. The summed E-state index contributed by atoms with van der Waals surface area (Å²) >= 11 is 0.